The van der Waals surface area contributed by atoms with Gasteiger partial charge in [-0.3, -0.25) is 0 Å². The molecule has 1 aliphatic heterocycles. The van der Waals surface area contributed by atoms with Crippen LogP contribution in [0, 0.1) is 0 Å². The van der Waals surface area contributed by atoms with Crippen LogP contribution in [0.1, 0.15) is 17.9 Å². The molecule has 1 heterocycles. The van der Waals surface area contributed by atoms with Gasteiger partial charge in [-0.2, -0.15) is 0 Å². The van der Waals surface area contributed by atoms with Crippen LogP contribution in [0.5, 0.6) is 0 Å². The van der Waals surface area contributed by atoms with Crippen molar-refractivity contribution in [1.82, 2.24) is 0 Å². The second-order valence-electron chi connectivity index (χ2n) is 3.77. The molecule has 0 saturated carbocycles. The minimum Gasteiger partial charge on any atom is -0.395 e. The maximum atomic E-state index is 9.12. The molecule has 0 amide bonds. The van der Waals surface area contributed by atoms with Gasteiger partial charge in [-0.15, -0.1) is 11.8 Å². The maximum absolute atomic E-state index is 9.12. The van der Waals surface area contributed by atoms with Crippen molar-refractivity contribution in [1.29, 1.82) is 0 Å². The fraction of sp³-hybridized carbons (Fsp3) is 0.455. The van der Waals surface area contributed by atoms with Gasteiger partial charge >= 0.3 is 0 Å². The predicted molar refractivity (Wildman–Crippen MR) is 64.6 cm³/mol. The summed E-state index contributed by atoms with van der Waals surface area (Å²) >= 11 is 7.81. The first kappa shape index (κ1) is 11.3. The number of nitrogens with two attached hydrogens (primary N) is 1. The van der Waals surface area contributed by atoms with Gasteiger partial charge in [0.1, 0.15) is 0 Å². The van der Waals surface area contributed by atoms with E-state index in [9.17, 15) is 0 Å². The summed E-state index contributed by atoms with van der Waals surface area (Å²) in [5.74, 6) is 1.30. The lowest BCUT2D eigenvalue weighted by molar-refractivity contribution is 0.246. The Kier molecular flexibility index (Phi) is 3.57. The number of hydrogen-bond acceptors (Lipinski definition) is 3. The highest BCUT2D eigenvalue weighted by Gasteiger charge is 2.25. The lowest BCUT2D eigenvalue weighted by Gasteiger charge is -2.28. The van der Waals surface area contributed by atoms with E-state index in [1.54, 1.807) is 0 Å². The molecule has 2 rings (SSSR count). The standard InChI is InChI=1S/C11H14ClNOS/c12-7-1-2-11-9(5-7)8(3-4-15-11)10(13)6-14/h1-2,5,8,10,14H,3-4,6,13H2. The van der Waals surface area contributed by atoms with Crippen LogP contribution in [0.2, 0.25) is 5.02 Å². The molecule has 15 heavy (non-hydrogen) atoms. The van der Waals surface area contributed by atoms with E-state index in [-0.39, 0.29) is 18.6 Å². The van der Waals surface area contributed by atoms with Crippen LogP contribution >= 0.6 is 23.4 Å². The molecule has 0 fully saturated rings. The van der Waals surface area contributed by atoms with E-state index in [1.807, 2.05) is 30.0 Å². The predicted octanol–water partition coefficient (Wildman–Crippen LogP) is 2.24. The summed E-state index contributed by atoms with van der Waals surface area (Å²) in [6, 6.07) is 5.74. The first-order valence-electron chi connectivity index (χ1n) is 5.01. The minimum absolute atomic E-state index is 0.0291. The number of hydrogen-bond donors (Lipinski definition) is 2. The molecule has 1 aromatic carbocycles. The summed E-state index contributed by atoms with van der Waals surface area (Å²) in [5, 5.41) is 9.86. The number of benzene rings is 1. The normalized spacial score (nSPS) is 22.2. The van der Waals surface area contributed by atoms with Gasteiger partial charge in [-0.25, -0.2) is 0 Å². The van der Waals surface area contributed by atoms with E-state index >= 15 is 0 Å². The van der Waals surface area contributed by atoms with Crippen LogP contribution in [-0.2, 0) is 0 Å². The van der Waals surface area contributed by atoms with Gasteiger partial charge in [0, 0.05) is 21.9 Å². The van der Waals surface area contributed by atoms with Gasteiger partial charge in [-0.05, 0) is 35.9 Å². The van der Waals surface area contributed by atoms with E-state index in [0.717, 1.165) is 17.2 Å². The molecule has 0 bridgehead atoms. The minimum atomic E-state index is -0.178. The Labute approximate surface area is 98.8 Å². The monoisotopic (exact) mass is 243 g/mol. The van der Waals surface area contributed by atoms with Crippen molar-refractivity contribution in [3.05, 3.63) is 28.8 Å². The van der Waals surface area contributed by atoms with E-state index in [4.69, 9.17) is 22.4 Å². The zero-order chi connectivity index (χ0) is 10.8. The van der Waals surface area contributed by atoms with Crippen LogP contribution < -0.4 is 5.73 Å². The zero-order valence-electron chi connectivity index (χ0n) is 8.32. The summed E-state index contributed by atoms with van der Waals surface area (Å²) in [6.07, 6.45) is 1.01. The molecule has 1 aliphatic rings. The largest absolute Gasteiger partial charge is 0.395 e. The van der Waals surface area contributed by atoms with Gasteiger partial charge < -0.3 is 10.8 Å². The van der Waals surface area contributed by atoms with Crippen molar-refractivity contribution in [2.45, 2.75) is 23.3 Å². The summed E-state index contributed by atoms with van der Waals surface area (Å²) in [4.78, 5) is 1.25. The lowest BCUT2D eigenvalue weighted by atomic mass is 9.89. The van der Waals surface area contributed by atoms with Gasteiger partial charge in [0.15, 0.2) is 0 Å². The summed E-state index contributed by atoms with van der Waals surface area (Å²) in [5.41, 5.74) is 7.10. The van der Waals surface area contributed by atoms with Gasteiger partial charge in [-0.1, -0.05) is 11.6 Å². The average Bonchev–Trinajstić information content (AvgIpc) is 2.27. The van der Waals surface area contributed by atoms with Crippen molar-refractivity contribution >= 4 is 23.4 Å². The first-order chi connectivity index (χ1) is 7.22. The van der Waals surface area contributed by atoms with Crippen molar-refractivity contribution < 1.29 is 5.11 Å². The Balaban J connectivity index is 2.36. The molecule has 0 aromatic heterocycles. The number of aliphatic hydroxyl groups is 1. The van der Waals surface area contributed by atoms with Crippen LogP contribution in [0.25, 0.3) is 0 Å². The Morgan fingerprint density at radius 3 is 3.13 bits per heavy atom. The number of fused-ring (bicyclic) bond motifs is 1. The Morgan fingerprint density at radius 1 is 1.60 bits per heavy atom. The molecule has 2 nitrogen and oxygen atoms in total. The number of thioether (sulfide) groups is 1. The van der Waals surface area contributed by atoms with Crippen LogP contribution in [0.15, 0.2) is 23.1 Å². The average molecular weight is 244 g/mol. The van der Waals surface area contributed by atoms with Crippen LogP contribution in [0.3, 0.4) is 0 Å². The van der Waals surface area contributed by atoms with E-state index in [0.29, 0.717) is 0 Å². The summed E-state index contributed by atoms with van der Waals surface area (Å²) in [6.45, 7) is 0.0291. The maximum Gasteiger partial charge on any atom is 0.0588 e. The lowest BCUT2D eigenvalue weighted by Crippen LogP contribution is -2.33. The fourth-order valence-corrected chi connectivity index (χ4v) is 3.28. The molecule has 0 saturated heterocycles. The smallest absolute Gasteiger partial charge is 0.0588 e. The Morgan fingerprint density at radius 2 is 2.40 bits per heavy atom. The van der Waals surface area contributed by atoms with Gasteiger partial charge in [0.05, 0.1) is 6.61 Å². The molecule has 0 aliphatic carbocycles. The molecule has 0 radical (unpaired) electrons. The van der Waals surface area contributed by atoms with E-state index < -0.39 is 0 Å². The third-order valence-corrected chi connectivity index (χ3v) is 4.14. The molecule has 0 spiro atoms. The van der Waals surface area contributed by atoms with Crippen molar-refractivity contribution in [3.63, 3.8) is 0 Å². The van der Waals surface area contributed by atoms with Crippen LogP contribution in [0.4, 0.5) is 0 Å². The molecule has 2 atom stereocenters. The van der Waals surface area contributed by atoms with Crippen LogP contribution in [-0.4, -0.2) is 23.5 Å². The molecule has 3 N–H and O–H groups in total. The molecule has 82 valence electrons. The quantitative estimate of drug-likeness (QED) is 0.838. The highest BCUT2D eigenvalue weighted by molar-refractivity contribution is 7.99. The molecule has 1 aromatic rings. The summed E-state index contributed by atoms with van der Waals surface area (Å²) < 4.78 is 0. The third kappa shape index (κ3) is 2.31. The fourth-order valence-electron chi connectivity index (χ4n) is 1.96. The molecule has 4 heteroatoms. The highest BCUT2D eigenvalue weighted by atomic mass is 35.5. The van der Waals surface area contributed by atoms with Crippen molar-refractivity contribution in [2.24, 2.45) is 5.73 Å². The number of rotatable bonds is 2. The number of halogens is 1. The molecular weight excluding hydrogens is 230 g/mol. The second-order valence-corrected chi connectivity index (χ2v) is 5.35. The Hall–Kier alpha value is -0.220. The van der Waals surface area contributed by atoms with Gasteiger partial charge in [0.25, 0.3) is 0 Å². The topological polar surface area (TPSA) is 46.2 Å². The molecular formula is C11H14ClNOS. The second kappa shape index (κ2) is 4.74. The highest BCUT2D eigenvalue weighted by Crippen LogP contribution is 2.39. The third-order valence-electron chi connectivity index (χ3n) is 2.79. The summed E-state index contributed by atoms with van der Waals surface area (Å²) in [7, 11) is 0. The Bertz CT molecular complexity index is 358. The van der Waals surface area contributed by atoms with E-state index in [1.165, 1.54) is 10.5 Å². The van der Waals surface area contributed by atoms with Gasteiger partial charge in [0.2, 0.25) is 0 Å². The zero-order valence-corrected chi connectivity index (χ0v) is 9.89. The van der Waals surface area contributed by atoms with Crippen molar-refractivity contribution in [2.75, 3.05) is 12.4 Å². The molecule has 2 unspecified atom stereocenters. The first-order valence-corrected chi connectivity index (χ1v) is 6.37. The van der Waals surface area contributed by atoms with E-state index in [2.05, 4.69) is 0 Å². The van der Waals surface area contributed by atoms with Crippen molar-refractivity contribution in [3.8, 4) is 0 Å². The SMILES string of the molecule is NC(CO)C1CCSc2ccc(Cl)cc21. The number of aliphatic hydroxyl groups excluding tert-OH is 1.